The van der Waals surface area contributed by atoms with Crippen molar-refractivity contribution in [2.75, 3.05) is 6.54 Å². The number of hydrogen-bond acceptors (Lipinski definition) is 1. The molecule has 1 atom stereocenters. The van der Waals surface area contributed by atoms with E-state index in [2.05, 4.69) is 23.5 Å². The Bertz CT molecular complexity index is 597. The molecule has 1 aliphatic rings. The Morgan fingerprint density at radius 1 is 1.21 bits per heavy atom. The lowest BCUT2D eigenvalue weighted by Gasteiger charge is -2.27. The fourth-order valence-electron chi connectivity index (χ4n) is 2.69. The molecule has 98 valence electrons. The van der Waals surface area contributed by atoms with Crippen molar-refractivity contribution < 1.29 is 4.39 Å². The lowest BCUT2D eigenvalue weighted by Crippen LogP contribution is -2.31. The largest absolute Gasteiger partial charge is 0.309 e. The highest BCUT2D eigenvalue weighted by molar-refractivity contribution is 6.31. The molecule has 19 heavy (non-hydrogen) atoms. The van der Waals surface area contributed by atoms with Crippen molar-refractivity contribution in [3.05, 3.63) is 70.0 Å². The van der Waals surface area contributed by atoms with Crippen LogP contribution >= 0.6 is 11.6 Å². The zero-order chi connectivity index (χ0) is 13.2. The van der Waals surface area contributed by atoms with Gasteiger partial charge in [0.1, 0.15) is 5.82 Å². The Labute approximate surface area is 117 Å². The minimum Gasteiger partial charge on any atom is -0.309 e. The van der Waals surface area contributed by atoms with Crippen molar-refractivity contribution in [1.82, 2.24) is 5.32 Å². The summed E-state index contributed by atoms with van der Waals surface area (Å²) >= 11 is 6.15. The van der Waals surface area contributed by atoms with E-state index in [4.69, 9.17) is 11.6 Å². The van der Waals surface area contributed by atoms with Crippen LogP contribution in [0.2, 0.25) is 5.02 Å². The molecule has 0 saturated carbocycles. The summed E-state index contributed by atoms with van der Waals surface area (Å²) in [5, 5.41) is 4.12. The number of nitrogens with one attached hydrogen (secondary N) is 1. The van der Waals surface area contributed by atoms with Gasteiger partial charge < -0.3 is 5.32 Å². The smallest absolute Gasteiger partial charge is 0.123 e. The van der Waals surface area contributed by atoms with Gasteiger partial charge in [-0.2, -0.15) is 0 Å². The molecular weight excluding hydrogens is 261 g/mol. The third-order valence-corrected chi connectivity index (χ3v) is 4.02. The van der Waals surface area contributed by atoms with Gasteiger partial charge >= 0.3 is 0 Å². The molecule has 1 N–H and O–H groups in total. The Morgan fingerprint density at radius 2 is 2.05 bits per heavy atom. The zero-order valence-electron chi connectivity index (χ0n) is 10.5. The standard InChI is InChI=1S/C16H15ClFN/c17-15-6-5-13(18)9-12(15)10-16-14-4-2-1-3-11(14)7-8-19-16/h1-6,9,16,19H,7-8,10H2. The van der Waals surface area contributed by atoms with Gasteiger partial charge in [-0.1, -0.05) is 35.9 Å². The molecule has 0 aliphatic carbocycles. The molecule has 1 unspecified atom stereocenters. The minimum atomic E-state index is -0.233. The van der Waals surface area contributed by atoms with Gasteiger partial charge in [-0.3, -0.25) is 0 Å². The highest BCUT2D eigenvalue weighted by Crippen LogP contribution is 2.28. The monoisotopic (exact) mass is 275 g/mol. The molecule has 0 saturated heterocycles. The molecule has 2 aromatic rings. The second-order valence-electron chi connectivity index (χ2n) is 4.90. The Balaban J connectivity index is 1.90. The number of hydrogen-bond donors (Lipinski definition) is 1. The van der Waals surface area contributed by atoms with E-state index in [1.807, 2.05) is 6.07 Å². The molecule has 0 bridgehead atoms. The van der Waals surface area contributed by atoms with E-state index in [-0.39, 0.29) is 11.9 Å². The normalized spacial score (nSPS) is 18.1. The highest BCUT2D eigenvalue weighted by atomic mass is 35.5. The first-order valence-electron chi connectivity index (χ1n) is 6.49. The number of fused-ring (bicyclic) bond motifs is 1. The molecule has 1 nitrogen and oxygen atoms in total. The Kier molecular flexibility index (Phi) is 3.54. The average Bonchev–Trinajstić information content (AvgIpc) is 2.43. The van der Waals surface area contributed by atoms with Crippen LogP contribution in [0.5, 0.6) is 0 Å². The molecule has 0 aromatic heterocycles. The summed E-state index contributed by atoms with van der Waals surface area (Å²) in [5.41, 5.74) is 3.53. The molecule has 0 fully saturated rings. The average molecular weight is 276 g/mol. The van der Waals surface area contributed by atoms with Gasteiger partial charge in [0, 0.05) is 11.1 Å². The highest BCUT2D eigenvalue weighted by Gasteiger charge is 2.20. The van der Waals surface area contributed by atoms with Gasteiger partial charge in [0.25, 0.3) is 0 Å². The first-order chi connectivity index (χ1) is 9.24. The molecule has 1 heterocycles. The summed E-state index contributed by atoms with van der Waals surface area (Å²) in [5.74, 6) is -0.233. The maximum atomic E-state index is 13.3. The predicted octanol–water partition coefficient (Wildman–Crippen LogP) is 3.91. The van der Waals surface area contributed by atoms with Crippen LogP contribution in [-0.2, 0) is 12.8 Å². The van der Waals surface area contributed by atoms with E-state index in [0.717, 1.165) is 18.5 Å². The molecule has 3 rings (SSSR count). The minimum absolute atomic E-state index is 0.212. The van der Waals surface area contributed by atoms with E-state index in [9.17, 15) is 4.39 Å². The summed E-state index contributed by atoms with van der Waals surface area (Å²) < 4.78 is 13.3. The molecule has 2 aromatic carbocycles. The number of halogens is 2. The number of benzene rings is 2. The van der Waals surface area contributed by atoms with Crippen molar-refractivity contribution in [3.8, 4) is 0 Å². The fraction of sp³-hybridized carbons (Fsp3) is 0.250. The summed E-state index contributed by atoms with van der Waals surface area (Å²) in [7, 11) is 0. The molecule has 0 spiro atoms. The van der Waals surface area contributed by atoms with Crippen molar-refractivity contribution in [2.45, 2.75) is 18.9 Å². The quantitative estimate of drug-likeness (QED) is 0.876. The second kappa shape index (κ2) is 5.32. The van der Waals surface area contributed by atoms with Crippen LogP contribution in [0.3, 0.4) is 0 Å². The van der Waals surface area contributed by atoms with Gasteiger partial charge in [-0.25, -0.2) is 4.39 Å². The predicted molar refractivity (Wildman–Crippen MR) is 76.0 cm³/mol. The summed E-state index contributed by atoms with van der Waals surface area (Å²) in [6.07, 6.45) is 1.76. The lowest BCUT2D eigenvalue weighted by molar-refractivity contribution is 0.501. The Hall–Kier alpha value is -1.38. The van der Waals surface area contributed by atoms with E-state index in [1.54, 1.807) is 6.07 Å². The van der Waals surface area contributed by atoms with Crippen LogP contribution in [0.25, 0.3) is 0 Å². The lowest BCUT2D eigenvalue weighted by atomic mass is 9.90. The maximum absolute atomic E-state index is 13.3. The fourth-order valence-corrected chi connectivity index (χ4v) is 2.89. The first kappa shape index (κ1) is 12.6. The van der Waals surface area contributed by atoms with Crippen LogP contribution in [0.4, 0.5) is 4.39 Å². The molecule has 3 heteroatoms. The first-order valence-corrected chi connectivity index (χ1v) is 6.87. The van der Waals surface area contributed by atoms with Crippen LogP contribution in [-0.4, -0.2) is 6.54 Å². The molecular formula is C16H15ClFN. The molecule has 0 radical (unpaired) electrons. The van der Waals surface area contributed by atoms with Gasteiger partial charge in [0.15, 0.2) is 0 Å². The topological polar surface area (TPSA) is 12.0 Å². The van der Waals surface area contributed by atoms with Crippen LogP contribution in [0.15, 0.2) is 42.5 Å². The maximum Gasteiger partial charge on any atom is 0.123 e. The van der Waals surface area contributed by atoms with Crippen LogP contribution in [0.1, 0.15) is 22.7 Å². The summed E-state index contributed by atoms with van der Waals surface area (Å²) in [6, 6.07) is 13.2. The van der Waals surface area contributed by atoms with Crippen LogP contribution in [0, 0.1) is 5.82 Å². The van der Waals surface area contributed by atoms with E-state index < -0.39 is 0 Å². The van der Waals surface area contributed by atoms with Crippen molar-refractivity contribution in [2.24, 2.45) is 0 Å². The Morgan fingerprint density at radius 3 is 2.95 bits per heavy atom. The third-order valence-electron chi connectivity index (χ3n) is 3.65. The van der Waals surface area contributed by atoms with Gasteiger partial charge in [0.05, 0.1) is 0 Å². The van der Waals surface area contributed by atoms with Gasteiger partial charge in [-0.05, 0) is 54.3 Å². The van der Waals surface area contributed by atoms with Crippen LogP contribution < -0.4 is 5.32 Å². The van der Waals surface area contributed by atoms with E-state index in [1.165, 1.54) is 23.3 Å². The second-order valence-corrected chi connectivity index (χ2v) is 5.30. The molecule has 1 aliphatic heterocycles. The van der Waals surface area contributed by atoms with Crippen molar-refractivity contribution >= 4 is 11.6 Å². The zero-order valence-corrected chi connectivity index (χ0v) is 11.3. The van der Waals surface area contributed by atoms with Crippen molar-refractivity contribution in [1.29, 1.82) is 0 Å². The van der Waals surface area contributed by atoms with Gasteiger partial charge in [0.2, 0.25) is 0 Å². The SMILES string of the molecule is Fc1ccc(Cl)c(CC2NCCc3ccccc32)c1. The summed E-state index contributed by atoms with van der Waals surface area (Å²) in [4.78, 5) is 0. The number of rotatable bonds is 2. The summed E-state index contributed by atoms with van der Waals surface area (Å²) in [6.45, 7) is 0.953. The van der Waals surface area contributed by atoms with Gasteiger partial charge in [-0.15, -0.1) is 0 Å². The van der Waals surface area contributed by atoms with Crippen molar-refractivity contribution in [3.63, 3.8) is 0 Å². The van der Waals surface area contributed by atoms with E-state index >= 15 is 0 Å². The molecule has 0 amide bonds. The van der Waals surface area contributed by atoms with E-state index in [0.29, 0.717) is 11.4 Å². The third kappa shape index (κ3) is 2.65.